The van der Waals surface area contributed by atoms with Crippen LogP contribution in [0.1, 0.15) is 47.3 Å². The van der Waals surface area contributed by atoms with Crippen LogP contribution in [0.3, 0.4) is 0 Å². The first-order valence-corrected chi connectivity index (χ1v) is 5.68. The zero-order chi connectivity index (χ0) is 12.5. The number of rotatable bonds is 3. The first kappa shape index (κ1) is 12.9. The van der Waals surface area contributed by atoms with Crippen LogP contribution in [-0.2, 0) is 4.79 Å². The first-order chi connectivity index (χ1) is 7.40. The highest BCUT2D eigenvalue weighted by atomic mass is 16.3. The summed E-state index contributed by atoms with van der Waals surface area (Å²) >= 11 is 0. The number of carbonyl (C=O) groups excluding carboxylic acids is 1. The molecular weight excluding hydrogens is 200 g/mol. The number of ketones is 1. The van der Waals surface area contributed by atoms with Gasteiger partial charge in [0.15, 0.2) is 5.78 Å². The summed E-state index contributed by atoms with van der Waals surface area (Å²) in [7, 11) is 0. The first-order valence-electron chi connectivity index (χ1n) is 5.68. The molecule has 16 heavy (non-hydrogen) atoms. The van der Waals surface area contributed by atoms with Gasteiger partial charge in [-0.15, -0.1) is 0 Å². The van der Waals surface area contributed by atoms with E-state index < -0.39 is 6.10 Å². The minimum atomic E-state index is -0.969. The third-order valence-electron chi connectivity index (χ3n) is 3.35. The van der Waals surface area contributed by atoms with Crippen LogP contribution in [0, 0.1) is 27.7 Å². The molecule has 0 spiro atoms. The molecule has 1 atom stereocenters. The molecule has 1 unspecified atom stereocenters. The van der Waals surface area contributed by atoms with E-state index in [1.54, 1.807) is 6.92 Å². The third kappa shape index (κ3) is 2.17. The Labute approximate surface area is 97.3 Å². The maximum Gasteiger partial charge on any atom is 0.165 e. The zero-order valence-electron chi connectivity index (χ0n) is 10.7. The summed E-state index contributed by atoms with van der Waals surface area (Å²) in [5.74, 6) is -0.115. The van der Waals surface area contributed by atoms with E-state index in [2.05, 4.69) is 6.07 Å². The van der Waals surface area contributed by atoms with Gasteiger partial charge in [0.25, 0.3) is 0 Å². The molecule has 1 aromatic rings. The maximum atomic E-state index is 11.6. The Morgan fingerprint density at radius 3 is 2.00 bits per heavy atom. The van der Waals surface area contributed by atoms with Gasteiger partial charge in [-0.05, 0) is 55.5 Å². The third-order valence-corrected chi connectivity index (χ3v) is 3.35. The molecule has 0 heterocycles. The topological polar surface area (TPSA) is 37.3 Å². The molecule has 2 heteroatoms. The lowest BCUT2D eigenvalue weighted by Gasteiger charge is -2.19. The molecular formula is C14H20O2. The Kier molecular flexibility index (Phi) is 3.87. The number of aryl methyl sites for hydroxylation is 2. The summed E-state index contributed by atoms with van der Waals surface area (Å²) < 4.78 is 0. The second-order valence-electron chi connectivity index (χ2n) is 4.40. The van der Waals surface area contributed by atoms with E-state index in [1.807, 2.05) is 27.7 Å². The summed E-state index contributed by atoms with van der Waals surface area (Å²) in [6, 6.07) is 2.09. The molecule has 0 aliphatic heterocycles. The average Bonchev–Trinajstić information content (AvgIpc) is 2.25. The van der Waals surface area contributed by atoms with E-state index in [4.69, 9.17) is 0 Å². The van der Waals surface area contributed by atoms with Crippen molar-refractivity contribution < 1.29 is 9.90 Å². The molecule has 0 radical (unpaired) electrons. The predicted molar refractivity (Wildman–Crippen MR) is 65.6 cm³/mol. The van der Waals surface area contributed by atoms with Crippen molar-refractivity contribution in [2.45, 2.75) is 47.1 Å². The summed E-state index contributed by atoms with van der Waals surface area (Å²) in [4.78, 5) is 11.6. The predicted octanol–water partition coefficient (Wildman–Crippen LogP) is 2.93. The van der Waals surface area contributed by atoms with Crippen LogP contribution in [0.2, 0.25) is 0 Å². The second-order valence-corrected chi connectivity index (χ2v) is 4.40. The lowest BCUT2D eigenvalue weighted by molar-refractivity contribution is -0.127. The van der Waals surface area contributed by atoms with Crippen LogP contribution >= 0.6 is 0 Å². The minimum Gasteiger partial charge on any atom is -0.381 e. The number of carbonyl (C=O) groups is 1. The highest BCUT2D eigenvalue weighted by Crippen LogP contribution is 2.28. The molecule has 1 N–H and O–H groups in total. The van der Waals surface area contributed by atoms with Crippen LogP contribution < -0.4 is 0 Å². The van der Waals surface area contributed by atoms with Crippen molar-refractivity contribution in [3.05, 3.63) is 33.9 Å². The van der Waals surface area contributed by atoms with Crippen molar-refractivity contribution in [1.29, 1.82) is 0 Å². The van der Waals surface area contributed by atoms with Gasteiger partial charge in [0.05, 0.1) is 0 Å². The van der Waals surface area contributed by atoms with Gasteiger partial charge in [-0.2, -0.15) is 0 Å². The van der Waals surface area contributed by atoms with Crippen molar-refractivity contribution in [1.82, 2.24) is 0 Å². The molecule has 0 saturated heterocycles. The van der Waals surface area contributed by atoms with E-state index in [9.17, 15) is 9.90 Å². The Morgan fingerprint density at radius 2 is 1.62 bits per heavy atom. The molecule has 0 aliphatic carbocycles. The quantitative estimate of drug-likeness (QED) is 0.850. The summed E-state index contributed by atoms with van der Waals surface area (Å²) in [5.41, 5.74) is 5.10. The summed E-state index contributed by atoms with van der Waals surface area (Å²) in [5, 5.41) is 10.1. The standard InChI is InChI=1S/C14H20O2/c1-6-12(15)14(16)13-10(4)8(2)7-9(3)11(13)5/h7,14,16H,6H2,1-5H3. The van der Waals surface area contributed by atoms with Crippen molar-refractivity contribution in [3.8, 4) is 0 Å². The Morgan fingerprint density at radius 1 is 1.19 bits per heavy atom. The van der Waals surface area contributed by atoms with Crippen molar-refractivity contribution in [2.24, 2.45) is 0 Å². The molecule has 0 bridgehead atoms. The fraction of sp³-hybridized carbons (Fsp3) is 0.500. The van der Waals surface area contributed by atoms with Crippen LogP contribution in [-0.4, -0.2) is 10.9 Å². The largest absolute Gasteiger partial charge is 0.381 e. The summed E-state index contributed by atoms with van der Waals surface area (Å²) in [6.07, 6.45) is -0.601. The number of benzene rings is 1. The Hall–Kier alpha value is -1.15. The fourth-order valence-electron chi connectivity index (χ4n) is 2.01. The number of hydrogen-bond acceptors (Lipinski definition) is 2. The molecule has 1 rings (SSSR count). The van der Waals surface area contributed by atoms with Gasteiger partial charge in [-0.3, -0.25) is 4.79 Å². The van der Waals surface area contributed by atoms with E-state index in [0.717, 1.165) is 27.8 Å². The van der Waals surface area contributed by atoms with Crippen LogP contribution in [0.25, 0.3) is 0 Å². The summed E-state index contributed by atoms with van der Waals surface area (Å²) in [6.45, 7) is 9.72. The fourth-order valence-corrected chi connectivity index (χ4v) is 2.01. The number of aliphatic hydroxyl groups excluding tert-OH is 1. The van der Waals surface area contributed by atoms with Gasteiger partial charge in [-0.1, -0.05) is 13.0 Å². The number of hydrogen-bond donors (Lipinski definition) is 1. The van der Waals surface area contributed by atoms with Gasteiger partial charge in [-0.25, -0.2) is 0 Å². The Balaban J connectivity index is 3.37. The average molecular weight is 220 g/mol. The van der Waals surface area contributed by atoms with Gasteiger partial charge >= 0.3 is 0 Å². The lowest BCUT2D eigenvalue weighted by atomic mass is 9.89. The van der Waals surface area contributed by atoms with Gasteiger partial charge in [0.1, 0.15) is 6.10 Å². The van der Waals surface area contributed by atoms with Gasteiger partial charge < -0.3 is 5.11 Å². The highest BCUT2D eigenvalue weighted by molar-refractivity contribution is 5.84. The smallest absolute Gasteiger partial charge is 0.165 e. The van der Waals surface area contributed by atoms with Gasteiger partial charge in [0, 0.05) is 6.42 Å². The van der Waals surface area contributed by atoms with Gasteiger partial charge in [0.2, 0.25) is 0 Å². The van der Waals surface area contributed by atoms with E-state index in [0.29, 0.717) is 6.42 Å². The zero-order valence-corrected chi connectivity index (χ0v) is 10.7. The van der Waals surface area contributed by atoms with E-state index in [1.165, 1.54) is 0 Å². The monoisotopic (exact) mass is 220 g/mol. The molecule has 0 aliphatic rings. The molecule has 1 aromatic carbocycles. The SMILES string of the molecule is CCC(=O)C(O)c1c(C)c(C)cc(C)c1C. The Bertz CT molecular complexity index is 393. The normalized spacial score (nSPS) is 12.6. The molecule has 0 saturated carbocycles. The van der Waals surface area contributed by atoms with Crippen molar-refractivity contribution in [3.63, 3.8) is 0 Å². The molecule has 0 amide bonds. The van der Waals surface area contributed by atoms with Crippen molar-refractivity contribution >= 4 is 5.78 Å². The molecule has 2 nitrogen and oxygen atoms in total. The highest BCUT2D eigenvalue weighted by Gasteiger charge is 2.21. The van der Waals surface area contributed by atoms with E-state index >= 15 is 0 Å². The minimum absolute atomic E-state index is 0.115. The molecule has 88 valence electrons. The lowest BCUT2D eigenvalue weighted by Crippen LogP contribution is -2.14. The van der Waals surface area contributed by atoms with E-state index in [-0.39, 0.29) is 5.78 Å². The maximum absolute atomic E-state index is 11.6. The van der Waals surface area contributed by atoms with Crippen LogP contribution in [0.5, 0.6) is 0 Å². The van der Waals surface area contributed by atoms with Crippen LogP contribution in [0.4, 0.5) is 0 Å². The molecule has 0 aromatic heterocycles. The molecule has 0 fully saturated rings. The van der Waals surface area contributed by atoms with Crippen LogP contribution in [0.15, 0.2) is 6.07 Å². The number of Topliss-reactive ketones (excluding diaryl/α,β-unsaturated/α-hetero) is 1. The second kappa shape index (κ2) is 4.79. The number of aliphatic hydroxyl groups is 1. The van der Waals surface area contributed by atoms with Crippen molar-refractivity contribution in [2.75, 3.05) is 0 Å².